The summed E-state index contributed by atoms with van der Waals surface area (Å²) in [6.45, 7) is 0. The summed E-state index contributed by atoms with van der Waals surface area (Å²) in [5, 5.41) is 3.22. The first-order chi connectivity index (χ1) is 15.3. The largest absolute Gasteiger partial charge is 0.434 e. The number of nitrogens with zero attached hydrogens (tertiary/aromatic N) is 4. The van der Waals surface area contributed by atoms with Crippen LogP contribution in [0, 0.1) is 0 Å². The van der Waals surface area contributed by atoms with E-state index in [1.54, 1.807) is 0 Å². The molecule has 4 aromatic rings. The van der Waals surface area contributed by atoms with Crippen LogP contribution in [0.5, 0.6) is 0 Å². The minimum Gasteiger partial charge on any atom is -0.382 e. The number of fused-ring (bicyclic) bond motifs is 3. The molecule has 1 aromatic carbocycles. The van der Waals surface area contributed by atoms with Crippen LogP contribution in [0.15, 0.2) is 36.0 Å². The molecular formula is C21H17F3N6OS. The molecule has 0 saturated heterocycles. The number of hydrogen-bond donors (Lipinski definition) is 2. The van der Waals surface area contributed by atoms with Gasteiger partial charge in [-0.2, -0.15) is 13.2 Å². The highest BCUT2D eigenvalue weighted by Crippen LogP contribution is 2.36. The Bertz CT molecular complexity index is 1330. The van der Waals surface area contributed by atoms with E-state index in [1.165, 1.54) is 17.6 Å². The van der Waals surface area contributed by atoms with Crippen molar-refractivity contribution >= 4 is 39.2 Å². The molecule has 0 spiro atoms. The van der Waals surface area contributed by atoms with E-state index in [-0.39, 0.29) is 11.6 Å². The van der Waals surface area contributed by atoms with Crippen LogP contribution >= 0.6 is 11.3 Å². The molecule has 1 aliphatic rings. The number of halogens is 3. The third kappa shape index (κ3) is 3.58. The van der Waals surface area contributed by atoms with Gasteiger partial charge in [0.05, 0.1) is 11.9 Å². The van der Waals surface area contributed by atoms with Crippen LogP contribution in [0.3, 0.4) is 0 Å². The standard InChI is InChI=1S/C21H17F3N6OS/c22-21(23,24)15-9-32-20(28-15)29-16(31)8-11-4-6-12(7-5-11)30-14-3-1-2-13(14)17-18(30)19(25)27-10-26-17/h4-7,9-10H,1-3,8H2,(H2,25,26,27)(H,28,29,31). The third-order valence-electron chi connectivity index (χ3n) is 5.42. The lowest BCUT2D eigenvalue weighted by Gasteiger charge is -2.11. The number of rotatable bonds is 4. The minimum absolute atomic E-state index is 0.0109. The Morgan fingerprint density at radius 1 is 1.19 bits per heavy atom. The SMILES string of the molecule is Nc1ncnc2c3c(n(-c4ccc(CC(=O)Nc5nc(C(F)(F)F)cs5)cc4)c12)CCC3. The fourth-order valence-electron chi connectivity index (χ4n) is 4.06. The van der Waals surface area contributed by atoms with Crippen LogP contribution in [0.25, 0.3) is 16.7 Å². The number of thiazole rings is 1. The van der Waals surface area contributed by atoms with Crippen molar-refractivity contribution in [2.24, 2.45) is 0 Å². The molecular weight excluding hydrogens is 441 g/mol. The lowest BCUT2D eigenvalue weighted by atomic mass is 10.1. The lowest BCUT2D eigenvalue weighted by molar-refractivity contribution is -0.140. The number of carbonyl (C=O) groups excluding carboxylic acids is 1. The first-order valence-electron chi connectivity index (χ1n) is 9.86. The first kappa shape index (κ1) is 20.4. The maximum absolute atomic E-state index is 12.7. The molecule has 0 atom stereocenters. The van der Waals surface area contributed by atoms with Gasteiger partial charge in [-0.1, -0.05) is 12.1 Å². The molecule has 3 heterocycles. The van der Waals surface area contributed by atoms with Gasteiger partial charge < -0.3 is 15.6 Å². The monoisotopic (exact) mass is 458 g/mol. The van der Waals surface area contributed by atoms with Gasteiger partial charge in [0.1, 0.15) is 11.8 Å². The number of nitrogen functional groups attached to an aromatic ring is 1. The Balaban J connectivity index is 1.37. The van der Waals surface area contributed by atoms with Crippen molar-refractivity contribution < 1.29 is 18.0 Å². The van der Waals surface area contributed by atoms with E-state index in [4.69, 9.17) is 5.73 Å². The second kappa shape index (κ2) is 7.59. The maximum atomic E-state index is 12.7. The van der Waals surface area contributed by atoms with Gasteiger partial charge in [0.2, 0.25) is 5.91 Å². The number of aryl methyl sites for hydroxylation is 1. The highest BCUT2D eigenvalue weighted by molar-refractivity contribution is 7.13. The van der Waals surface area contributed by atoms with Gasteiger partial charge in [-0.3, -0.25) is 4.79 Å². The summed E-state index contributed by atoms with van der Waals surface area (Å²) in [6, 6.07) is 7.40. The van der Waals surface area contributed by atoms with Gasteiger partial charge in [-0.25, -0.2) is 15.0 Å². The molecule has 3 N–H and O–H groups in total. The van der Waals surface area contributed by atoms with E-state index in [9.17, 15) is 18.0 Å². The first-order valence-corrected chi connectivity index (χ1v) is 10.7. The van der Waals surface area contributed by atoms with Crippen molar-refractivity contribution in [2.75, 3.05) is 11.1 Å². The summed E-state index contributed by atoms with van der Waals surface area (Å²) in [7, 11) is 0. The van der Waals surface area contributed by atoms with E-state index in [0.717, 1.165) is 58.3 Å². The molecule has 5 rings (SSSR count). The third-order valence-corrected chi connectivity index (χ3v) is 6.18. The summed E-state index contributed by atoms with van der Waals surface area (Å²) in [4.78, 5) is 24.3. The van der Waals surface area contributed by atoms with Crippen LogP contribution < -0.4 is 11.1 Å². The number of hydrogen-bond acceptors (Lipinski definition) is 6. The van der Waals surface area contributed by atoms with E-state index in [0.29, 0.717) is 5.82 Å². The van der Waals surface area contributed by atoms with Crippen LogP contribution in [0.1, 0.15) is 28.9 Å². The van der Waals surface area contributed by atoms with Gasteiger partial charge in [0.25, 0.3) is 0 Å². The zero-order valence-corrected chi connectivity index (χ0v) is 17.4. The topological polar surface area (TPSA) is 98.7 Å². The Hall–Kier alpha value is -3.47. The zero-order valence-electron chi connectivity index (χ0n) is 16.6. The molecule has 0 aliphatic heterocycles. The van der Waals surface area contributed by atoms with E-state index >= 15 is 0 Å². The Morgan fingerprint density at radius 3 is 2.69 bits per heavy atom. The smallest absolute Gasteiger partial charge is 0.382 e. The van der Waals surface area contributed by atoms with Crippen molar-refractivity contribution in [3.8, 4) is 5.69 Å². The fraction of sp³-hybridized carbons (Fsp3) is 0.238. The molecule has 0 unspecified atom stereocenters. The highest BCUT2D eigenvalue weighted by Gasteiger charge is 2.34. The number of alkyl halides is 3. The Kier molecular flexibility index (Phi) is 4.85. The van der Waals surface area contributed by atoms with Gasteiger partial charge in [-0.15, -0.1) is 11.3 Å². The summed E-state index contributed by atoms with van der Waals surface area (Å²) in [5.74, 6) is -0.0275. The van der Waals surface area contributed by atoms with Gasteiger partial charge in [-0.05, 0) is 42.5 Å². The molecule has 0 bridgehead atoms. The number of nitrogens with two attached hydrogens (primary N) is 1. The maximum Gasteiger partial charge on any atom is 0.434 e. The average Bonchev–Trinajstić information content (AvgIpc) is 3.45. The summed E-state index contributed by atoms with van der Waals surface area (Å²) < 4.78 is 40.1. The fourth-order valence-corrected chi connectivity index (χ4v) is 4.79. The average molecular weight is 458 g/mol. The Morgan fingerprint density at radius 2 is 1.97 bits per heavy atom. The van der Waals surface area contributed by atoms with Crippen molar-refractivity contribution in [1.82, 2.24) is 19.5 Å². The van der Waals surface area contributed by atoms with Gasteiger partial charge in [0.15, 0.2) is 16.6 Å². The summed E-state index contributed by atoms with van der Waals surface area (Å²) >= 11 is 0.740. The van der Waals surface area contributed by atoms with Gasteiger partial charge >= 0.3 is 6.18 Å². The predicted octanol–water partition coefficient (Wildman–Crippen LogP) is 4.15. The van der Waals surface area contributed by atoms with Crippen molar-refractivity contribution in [3.05, 3.63) is 58.5 Å². The molecule has 164 valence electrons. The van der Waals surface area contributed by atoms with Crippen molar-refractivity contribution in [1.29, 1.82) is 0 Å². The number of anilines is 2. The van der Waals surface area contributed by atoms with Crippen LogP contribution in [0.2, 0.25) is 0 Å². The van der Waals surface area contributed by atoms with Crippen LogP contribution in [0.4, 0.5) is 24.1 Å². The molecule has 32 heavy (non-hydrogen) atoms. The predicted molar refractivity (Wildman–Crippen MR) is 115 cm³/mol. The lowest BCUT2D eigenvalue weighted by Crippen LogP contribution is -2.15. The van der Waals surface area contributed by atoms with E-state index in [2.05, 4.69) is 24.8 Å². The number of nitrogens with one attached hydrogen (secondary N) is 1. The second-order valence-corrected chi connectivity index (χ2v) is 8.36. The molecule has 0 radical (unpaired) electrons. The summed E-state index contributed by atoms with van der Waals surface area (Å²) in [6.07, 6.45) is -0.134. The normalized spacial score (nSPS) is 13.5. The molecule has 1 aliphatic carbocycles. The van der Waals surface area contributed by atoms with Crippen molar-refractivity contribution in [2.45, 2.75) is 31.9 Å². The number of aromatic nitrogens is 4. The quantitative estimate of drug-likeness (QED) is 0.479. The number of benzene rings is 1. The van der Waals surface area contributed by atoms with Crippen LogP contribution in [-0.4, -0.2) is 25.4 Å². The van der Waals surface area contributed by atoms with Crippen molar-refractivity contribution in [3.63, 3.8) is 0 Å². The van der Waals surface area contributed by atoms with E-state index in [1.807, 2.05) is 24.3 Å². The highest BCUT2D eigenvalue weighted by atomic mass is 32.1. The molecule has 3 aromatic heterocycles. The second-order valence-electron chi connectivity index (χ2n) is 7.50. The molecule has 0 fully saturated rings. The Labute approximate surface area is 184 Å². The molecule has 0 saturated carbocycles. The molecule has 11 heteroatoms. The molecule has 1 amide bonds. The number of amides is 1. The van der Waals surface area contributed by atoms with Gasteiger partial charge in [0, 0.05) is 16.8 Å². The summed E-state index contributed by atoms with van der Waals surface area (Å²) in [5.41, 5.74) is 10.8. The molecule has 7 nitrogen and oxygen atoms in total. The van der Waals surface area contributed by atoms with E-state index < -0.39 is 17.8 Å². The minimum atomic E-state index is -4.54. The number of carbonyl (C=O) groups is 1. The van der Waals surface area contributed by atoms with Crippen LogP contribution in [-0.2, 0) is 30.2 Å². The zero-order chi connectivity index (χ0) is 22.5.